The van der Waals surface area contributed by atoms with Crippen LogP contribution in [0.25, 0.3) is 0 Å². The zero-order chi connectivity index (χ0) is 40.3. The fraction of sp³-hybridized carbons (Fsp3) is 0.595. The Morgan fingerprint density at radius 3 is 1.78 bits per heavy atom. The van der Waals surface area contributed by atoms with Gasteiger partial charge in [-0.3, -0.25) is 38.5 Å². The second kappa shape index (κ2) is 27.8. The lowest BCUT2D eigenvalue weighted by Gasteiger charge is -2.24. The number of amides is 6. The summed E-state index contributed by atoms with van der Waals surface area (Å²) in [5.41, 5.74) is 1.27. The van der Waals surface area contributed by atoms with E-state index in [9.17, 15) is 33.6 Å². The maximum Gasteiger partial charge on any atom is 0.302 e. The van der Waals surface area contributed by atoms with Crippen LogP contribution in [0, 0.1) is 5.92 Å². The number of rotatable bonds is 26. The summed E-state index contributed by atoms with van der Waals surface area (Å²) in [6, 6.07) is 5.02. The molecule has 0 unspecified atom stereocenters. The zero-order valence-electron chi connectivity index (χ0n) is 32.2. The topological polar surface area (TPSA) is 217 Å². The molecule has 0 fully saturated rings. The van der Waals surface area contributed by atoms with E-state index in [1.165, 1.54) is 19.1 Å². The lowest BCUT2D eigenvalue weighted by Crippen LogP contribution is -2.53. The summed E-state index contributed by atoms with van der Waals surface area (Å²) in [6.07, 6.45) is 2.40. The quantitative estimate of drug-likeness (QED) is 0.0606. The van der Waals surface area contributed by atoms with E-state index in [2.05, 4.69) is 21.3 Å². The zero-order valence-corrected chi connectivity index (χ0v) is 32.2. The number of ether oxygens (including phenoxy) is 5. The molecule has 1 heterocycles. The normalized spacial score (nSPS) is 13.1. The highest BCUT2D eigenvalue weighted by Gasteiger charge is 2.27. The monoisotopic (exact) mass is 771 g/mol. The Morgan fingerprint density at radius 2 is 1.24 bits per heavy atom. The number of nitrogens with one attached hydrogen (secondary N) is 4. The van der Waals surface area contributed by atoms with Crippen molar-refractivity contribution in [3.63, 3.8) is 0 Å². The van der Waals surface area contributed by atoms with Crippen LogP contribution in [-0.4, -0.2) is 124 Å². The van der Waals surface area contributed by atoms with Crippen molar-refractivity contribution >= 4 is 47.1 Å². The molecule has 17 heteroatoms. The van der Waals surface area contributed by atoms with Crippen molar-refractivity contribution in [1.29, 1.82) is 0 Å². The molecule has 4 N–H and O–H groups in total. The first-order valence-corrected chi connectivity index (χ1v) is 18.1. The molecule has 1 aliphatic heterocycles. The summed E-state index contributed by atoms with van der Waals surface area (Å²) >= 11 is 0. The largest absolute Gasteiger partial charge is 0.461 e. The lowest BCUT2D eigenvalue weighted by molar-refractivity contribution is -0.142. The summed E-state index contributed by atoms with van der Waals surface area (Å²) in [5.74, 6) is -3.05. The van der Waals surface area contributed by atoms with Gasteiger partial charge in [-0.15, -0.1) is 0 Å². The van der Waals surface area contributed by atoms with Crippen LogP contribution in [0.3, 0.4) is 0 Å². The van der Waals surface area contributed by atoms with Crippen LogP contribution in [0.15, 0.2) is 36.4 Å². The Kier molecular flexibility index (Phi) is 24.4. The van der Waals surface area contributed by atoms with Gasteiger partial charge in [-0.2, -0.15) is 0 Å². The number of hydrogen-bond donors (Lipinski definition) is 4. The Bertz CT molecular complexity index is 1370. The number of esters is 1. The Balaban J connectivity index is -0.00000239. The van der Waals surface area contributed by atoms with Crippen LogP contribution >= 0.6 is 0 Å². The number of imide groups is 1. The molecule has 6 amide bonds. The molecule has 54 heavy (non-hydrogen) atoms. The van der Waals surface area contributed by atoms with Gasteiger partial charge in [-0.1, -0.05) is 39.8 Å². The molecule has 2 rings (SSSR count). The van der Waals surface area contributed by atoms with Gasteiger partial charge in [0.1, 0.15) is 18.7 Å². The fourth-order valence-electron chi connectivity index (χ4n) is 4.41. The third-order valence-electron chi connectivity index (χ3n) is 7.30. The van der Waals surface area contributed by atoms with Crippen molar-refractivity contribution in [3.05, 3.63) is 42.0 Å². The van der Waals surface area contributed by atoms with E-state index in [0.29, 0.717) is 38.7 Å². The molecule has 2 atom stereocenters. The molecule has 310 valence electrons. The third-order valence-corrected chi connectivity index (χ3v) is 7.30. The maximum atomic E-state index is 12.9. The predicted molar refractivity (Wildman–Crippen MR) is 206 cm³/mol. The van der Waals surface area contributed by atoms with Gasteiger partial charge in [-0.05, 0) is 30.5 Å². The van der Waals surface area contributed by atoms with Crippen molar-refractivity contribution in [3.8, 4) is 0 Å². The van der Waals surface area contributed by atoms with Crippen LogP contribution < -0.4 is 21.3 Å². The third kappa shape index (κ3) is 20.5. The van der Waals surface area contributed by atoms with E-state index in [0.717, 1.165) is 10.5 Å². The highest BCUT2D eigenvalue weighted by molar-refractivity contribution is 6.13. The van der Waals surface area contributed by atoms with Crippen molar-refractivity contribution in [1.82, 2.24) is 20.9 Å². The van der Waals surface area contributed by atoms with Crippen LogP contribution in [0.5, 0.6) is 0 Å². The maximum absolute atomic E-state index is 12.9. The average molecular weight is 772 g/mol. The number of hydrogen-bond acceptors (Lipinski definition) is 12. The van der Waals surface area contributed by atoms with Crippen molar-refractivity contribution < 1.29 is 63.0 Å². The Morgan fingerprint density at radius 1 is 0.704 bits per heavy atom. The SMILES string of the molecule is CC.CC(=O)OCc1ccc(NC(=O)[C@H](C)NC(=O)[C@@H](NC(=O)CCOCCOCCOCCOCCNC(=O)CCN2C(=O)C=CC2=O)C(C)C)cc1.[HH].[HH].[HH].[HH]. The van der Waals surface area contributed by atoms with Crippen molar-refractivity contribution in [2.24, 2.45) is 5.92 Å². The molecule has 0 spiro atoms. The molecule has 17 nitrogen and oxygen atoms in total. The number of carbonyl (C=O) groups is 7. The molecule has 0 aromatic heterocycles. The number of benzene rings is 1. The van der Waals surface area contributed by atoms with E-state index >= 15 is 0 Å². The summed E-state index contributed by atoms with van der Waals surface area (Å²) in [4.78, 5) is 84.8. The van der Waals surface area contributed by atoms with Gasteiger partial charge in [0.2, 0.25) is 23.6 Å². The van der Waals surface area contributed by atoms with Gasteiger partial charge < -0.3 is 45.0 Å². The molecule has 0 saturated heterocycles. The predicted octanol–water partition coefficient (Wildman–Crippen LogP) is 2.23. The van der Waals surface area contributed by atoms with Crippen LogP contribution in [0.4, 0.5) is 5.69 Å². The van der Waals surface area contributed by atoms with Gasteiger partial charge in [-0.25, -0.2) is 0 Å². The first kappa shape index (κ1) is 47.3. The smallest absolute Gasteiger partial charge is 0.302 e. The summed E-state index contributed by atoms with van der Waals surface area (Å²) in [6.45, 7) is 13.2. The first-order valence-electron chi connectivity index (χ1n) is 18.1. The molecule has 0 bridgehead atoms. The molecule has 0 saturated carbocycles. The molecule has 1 aromatic carbocycles. The number of carbonyl (C=O) groups excluding carboxylic acids is 7. The molecular formula is C37H65N5O12. The standard InChI is InChI=1S/C35H51N5O12.C2H6.4H2/c1-24(2)33(35(47)37-25(3)34(46)38-28-7-5-27(6-8-28)23-52-26(4)41)39-30(43)12-15-48-17-19-50-21-22-51-20-18-49-16-13-36-29(42)11-14-40-31(44)9-10-32(40)45;1-2;;;;/h5-10,24-25,33H,11-23H2,1-4H3,(H,36,42)(H,37,47)(H,38,46)(H,39,43);1-2H3;4*1H/t25-,33-;;;;;/m0...../s1. The molecule has 1 aliphatic rings. The summed E-state index contributed by atoms with van der Waals surface area (Å²) in [5, 5.41) is 10.7. The molecule has 1 aromatic rings. The van der Waals surface area contributed by atoms with Gasteiger partial charge >= 0.3 is 5.97 Å². The highest BCUT2D eigenvalue weighted by Crippen LogP contribution is 2.11. The number of nitrogens with zero attached hydrogens (tertiary/aromatic N) is 1. The van der Waals surface area contributed by atoms with Crippen LogP contribution in [0.2, 0.25) is 0 Å². The first-order chi connectivity index (χ1) is 25.9. The Labute approximate surface area is 323 Å². The second-order valence-corrected chi connectivity index (χ2v) is 11.9. The minimum Gasteiger partial charge on any atom is -0.461 e. The van der Waals surface area contributed by atoms with E-state index in [-0.39, 0.29) is 75.8 Å². The average Bonchev–Trinajstić information content (AvgIpc) is 3.47. The van der Waals surface area contributed by atoms with E-state index in [1.54, 1.807) is 45.0 Å². The van der Waals surface area contributed by atoms with E-state index in [4.69, 9.17) is 23.7 Å². The van der Waals surface area contributed by atoms with Gasteiger partial charge in [0.25, 0.3) is 11.8 Å². The van der Waals surface area contributed by atoms with Crippen LogP contribution in [0.1, 0.15) is 65.7 Å². The molecular weight excluding hydrogens is 706 g/mol. The molecule has 0 aliphatic carbocycles. The summed E-state index contributed by atoms with van der Waals surface area (Å²) in [7, 11) is 0. The van der Waals surface area contributed by atoms with Gasteiger partial charge in [0.15, 0.2) is 0 Å². The van der Waals surface area contributed by atoms with Gasteiger partial charge in [0.05, 0.1) is 52.9 Å². The second-order valence-electron chi connectivity index (χ2n) is 11.9. The fourth-order valence-corrected chi connectivity index (χ4v) is 4.41. The summed E-state index contributed by atoms with van der Waals surface area (Å²) < 4.78 is 26.6. The van der Waals surface area contributed by atoms with Crippen LogP contribution in [-0.2, 0) is 63.9 Å². The van der Waals surface area contributed by atoms with Gasteiger partial charge in [0, 0.05) is 56.4 Å². The van der Waals surface area contributed by atoms with E-state index < -0.39 is 41.7 Å². The van der Waals surface area contributed by atoms with E-state index in [1.807, 2.05) is 13.8 Å². The van der Waals surface area contributed by atoms with Crippen molar-refractivity contribution in [2.75, 3.05) is 71.3 Å². The Hall–Kier alpha value is -4.71. The minimum absolute atomic E-state index is 0. The number of anilines is 1. The highest BCUT2D eigenvalue weighted by atomic mass is 16.6. The van der Waals surface area contributed by atoms with Crippen molar-refractivity contribution in [2.45, 2.75) is 73.1 Å². The minimum atomic E-state index is -0.876. The lowest BCUT2D eigenvalue weighted by atomic mass is 10.0. The molecule has 0 radical (unpaired) electrons.